The van der Waals surface area contributed by atoms with Gasteiger partial charge in [0.05, 0.1) is 6.10 Å². The second-order valence-electron chi connectivity index (χ2n) is 7.06. The third-order valence-corrected chi connectivity index (χ3v) is 5.18. The molecule has 1 fully saturated rings. The Labute approximate surface area is 127 Å². The zero-order chi connectivity index (χ0) is 14.6. The van der Waals surface area contributed by atoms with E-state index in [2.05, 4.69) is 13.8 Å². The molecule has 0 aromatic rings. The molecule has 0 aromatic heterocycles. The summed E-state index contributed by atoms with van der Waals surface area (Å²) in [7, 11) is 0. The molecular weight excluding hydrogens is 244 g/mol. The minimum atomic E-state index is 0.00709. The van der Waals surface area contributed by atoms with Crippen molar-refractivity contribution in [3.8, 4) is 0 Å². The highest BCUT2D eigenvalue weighted by molar-refractivity contribution is 4.79. The molecular formula is C19H38O. The first-order valence-electron chi connectivity index (χ1n) is 9.46. The Kier molecular flexibility index (Phi) is 10.4. The molecule has 0 aromatic carbocycles. The highest BCUT2D eigenvalue weighted by Gasteiger charge is 2.27. The second kappa shape index (κ2) is 11.6. The van der Waals surface area contributed by atoms with Crippen LogP contribution in [0.25, 0.3) is 0 Å². The van der Waals surface area contributed by atoms with E-state index in [-0.39, 0.29) is 6.10 Å². The summed E-state index contributed by atoms with van der Waals surface area (Å²) in [4.78, 5) is 0. The molecule has 0 heterocycles. The summed E-state index contributed by atoms with van der Waals surface area (Å²) in [6, 6.07) is 0. The van der Waals surface area contributed by atoms with Crippen LogP contribution < -0.4 is 0 Å². The summed E-state index contributed by atoms with van der Waals surface area (Å²) in [6.07, 6.45) is 18.8. The first-order chi connectivity index (χ1) is 9.77. The molecule has 3 atom stereocenters. The Morgan fingerprint density at radius 3 is 2.05 bits per heavy atom. The molecule has 1 aliphatic rings. The summed E-state index contributed by atoms with van der Waals surface area (Å²) in [5.74, 6) is 1.52. The highest BCUT2D eigenvalue weighted by Crippen LogP contribution is 2.35. The average molecular weight is 283 g/mol. The lowest BCUT2D eigenvalue weighted by Gasteiger charge is -2.33. The standard InChI is InChI=1S/C19H38O/c1-3-5-6-7-8-9-10-11-13-18-16-17(12-4-2)14-15-19(18)20/h17-20H,3-16H2,1-2H3. The van der Waals surface area contributed by atoms with Gasteiger partial charge in [-0.25, -0.2) is 0 Å². The molecule has 20 heavy (non-hydrogen) atoms. The van der Waals surface area contributed by atoms with Crippen molar-refractivity contribution >= 4 is 0 Å². The summed E-state index contributed by atoms with van der Waals surface area (Å²) in [5, 5.41) is 10.2. The molecule has 0 radical (unpaired) electrons. The van der Waals surface area contributed by atoms with Crippen LogP contribution in [0.15, 0.2) is 0 Å². The highest BCUT2D eigenvalue weighted by atomic mass is 16.3. The van der Waals surface area contributed by atoms with Crippen molar-refractivity contribution < 1.29 is 5.11 Å². The molecule has 1 N–H and O–H groups in total. The number of unbranched alkanes of at least 4 members (excludes halogenated alkanes) is 7. The molecule has 120 valence electrons. The van der Waals surface area contributed by atoms with E-state index in [1.165, 1.54) is 83.5 Å². The van der Waals surface area contributed by atoms with Gasteiger partial charge in [0, 0.05) is 0 Å². The zero-order valence-corrected chi connectivity index (χ0v) is 14.1. The molecule has 1 heteroatoms. The van der Waals surface area contributed by atoms with Crippen LogP contribution in [0, 0.1) is 11.8 Å². The fourth-order valence-corrected chi connectivity index (χ4v) is 3.87. The lowest BCUT2D eigenvalue weighted by Crippen LogP contribution is -2.29. The molecule has 0 amide bonds. The fourth-order valence-electron chi connectivity index (χ4n) is 3.87. The number of aliphatic hydroxyl groups excluding tert-OH is 1. The van der Waals surface area contributed by atoms with Crippen molar-refractivity contribution in [3.63, 3.8) is 0 Å². The molecule has 1 aliphatic carbocycles. The van der Waals surface area contributed by atoms with Crippen molar-refractivity contribution in [3.05, 3.63) is 0 Å². The van der Waals surface area contributed by atoms with Gasteiger partial charge < -0.3 is 5.11 Å². The van der Waals surface area contributed by atoms with E-state index >= 15 is 0 Å². The summed E-state index contributed by atoms with van der Waals surface area (Å²) < 4.78 is 0. The number of hydrogen-bond acceptors (Lipinski definition) is 1. The predicted molar refractivity (Wildman–Crippen MR) is 89.0 cm³/mol. The van der Waals surface area contributed by atoms with Gasteiger partial charge in [0.1, 0.15) is 0 Å². The Bertz CT molecular complexity index is 214. The number of rotatable bonds is 11. The van der Waals surface area contributed by atoms with Gasteiger partial charge in [-0.2, -0.15) is 0 Å². The van der Waals surface area contributed by atoms with E-state index in [9.17, 15) is 5.11 Å². The van der Waals surface area contributed by atoms with Crippen LogP contribution >= 0.6 is 0 Å². The summed E-state index contributed by atoms with van der Waals surface area (Å²) in [5.41, 5.74) is 0. The van der Waals surface area contributed by atoms with Crippen LogP contribution in [-0.2, 0) is 0 Å². The van der Waals surface area contributed by atoms with Crippen LogP contribution in [-0.4, -0.2) is 11.2 Å². The number of hydrogen-bond donors (Lipinski definition) is 1. The fraction of sp³-hybridized carbons (Fsp3) is 1.00. The van der Waals surface area contributed by atoms with E-state index in [0.29, 0.717) is 5.92 Å². The first-order valence-corrected chi connectivity index (χ1v) is 9.46. The van der Waals surface area contributed by atoms with Gasteiger partial charge in [0.15, 0.2) is 0 Å². The lowest BCUT2D eigenvalue weighted by molar-refractivity contribution is 0.0405. The van der Waals surface area contributed by atoms with Crippen molar-refractivity contribution in [2.45, 2.75) is 110 Å². The summed E-state index contributed by atoms with van der Waals surface area (Å²) >= 11 is 0. The van der Waals surface area contributed by atoms with Gasteiger partial charge in [-0.3, -0.25) is 0 Å². The predicted octanol–water partition coefficient (Wildman–Crippen LogP) is 6.09. The molecule has 0 bridgehead atoms. The minimum absolute atomic E-state index is 0.00709. The molecule has 0 aliphatic heterocycles. The van der Waals surface area contributed by atoms with Gasteiger partial charge in [0.25, 0.3) is 0 Å². The van der Waals surface area contributed by atoms with Gasteiger partial charge >= 0.3 is 0 Å². The van der Waals surface area contributed by atoms with Gasteiger partial charge in [-0.1, -0.05) is 78.1 Å². The molecule has 1 rings (SSSR count). The van der Waals surface area contributed by atoms with Gasteiger partial charge in [-0.15, -0.1) is 0 Å². The SMILES string of the molecule is CCCCCCCCCCC1CC(CCC)CCC1O. The van der Waals surface area contributed by atoms with Crippen LogP contribution in [0.2, 0.25) is 0 Å². The Balaban J connectivity index is 2.02. The number of aliphatic hydroxyl groups is 1. The normalized spacial score (nSPS) is 26.9. The van der Waals surface area contributed by atoms with E-state index in [1.54, 1.807) is 0 Å². The maximum absolute atomic E-state index is 10.2. The maximum Gasteiger partial charge on any atom is 0.0568 e. The average Bonchev–Trinajstić information content (AvgIpc) is 2.45. The van der Waals surface area contributed by atoms with E-state index < -0.39 is 0 Å². The Morgan fingerprint density at radius 1 is 0.750 bits per heavy atom. The van der Waals surface area contributed by atoms with Gasteiger partial charge in [-0.05, 0) is 37.5 Å². The second-order valence-corrected chi connectivity index (χ2v) is 7.06. The molecule has 3 unspecified atom stereocenters. The monoisotopic (exact) mass is 282 g/mol. The maximum atomic E-state index is 10.2. The topological polar surface area (TPSA) is 20.2 Å². The van der Waals surface area contributed by atoms with Crippen molar-refractivity contribution in [1.29, 1.82) is 0 Å². The van der Waals surface area contributed by atoms with Gasteiger partial charge in [0.2, 0.25) is 0 Å². The van der Waals surface area contributed by atoms with Crippen molar-refractivity contribution in [2.75, 3.05) is 0 Å². The summed E-state index contributed by atoms with van der Waals surface area (Å²) in [6.45, 7) is 4.57. The van der Waals surface area contributed by atoms with Crippen LogP contribution in [0.5, 0.6) is 0 Å². The largest absolute Gasteiger partial charge is 0.393 e. The molecule has 1 saturated carbocycles. The smallest absolute Gasteiger partial charge is 0.0568 e. The Hall–Kier alpha value is -0.0400. The van der Waals surface area contributed by atoms with Crippen molar-refractivity contribution in [1.82, 2.24) is 0 Å². The van der Waals surface area contributed by atoms with E-state index in [4.69, 9.17) is 0 Å². The molecule has 0 spiro atoms. The van der Waals surface area contributed by atoms with E-state index in [0.717, 1.165) is 12.3 Å². The third kappa shape index (κ3) is 7.67. The van der Waals surface area contributed by atoms with Crippen LogP contribution in [0.3, 0.4) is 0 Å². The third-order valence-electron chi connectivity index (χ3n) is 5.18. The lowest BCUT2D eigenvalue weighted by atomic mass is 9.75. The van der Waals surface area contributed by atoms with Crippen molar-refractivity contribution in [2.24, 2.45) is 11.8 Å². The van der Waals surface area contributed by atoms with E-state index in [1.807, 2.05) is 0 Å². The van der Waals surface area contributed by atoms with Crippen LogP contribution in [0.1, 0.15) is 104 Å². The Morgan fingerprint density at radius 2 is 1.40 bits per heavy atom. The van der Waals surface area contributed by atoms with Crippen LogP contribution in [0.4, 0.5) is 0 Å². The molecule has 1 nitrogen and oxygen atoms in total. The first kappa shape index (κ1) is 18.0. The minimum Gasteiger partial charge on any atom is -0.393 e. The molecule has 0 saturated heterocycles. The quantitative estimate of drug-likeness (QED) is 0.454. The zero-order valence-electron chi connectivity index (χ0n) is 14.1.